The summed E-state index contributed by atoms with van der Waals surface area (Å²) in [6, 6.07) is 0. The average Bonchev–Trinajstić information content (AvgIpc) is 1.91. The Hall–Kier alpha value is 0.110. The highest BCUT2D eigenvalue weighted by Crippen LogP contribution is 2.18. The van der Waals surface area contributed by atoms with Gasteiger partial charge in [-0.25, -0.2) is 0 Å². The van der Waals surface area contributed by atoms with Crippen LogP contribution in [0, 0.1) is 6.92 Å². The lowest BCUT2D eigenvalue weighted by molar-refractivity contribution is 1.44. The molecule has 1 aromatic heterocycles. The predicted molar refractivity (Wildman–Crippen MR) is 34.6 cm³/mol. The zero-order chi connectivity index (χ0) is 5.28. The van der Waals surface area contributed by atoms with E-state index in [-0.39, 0.29) is 0 Å². The van der Waals surface area contributed by atoms with Gasteiger partial charge in [0.25, 0.3) is 0 Å². The fourth-order valence-corrected chi connectivity index (χ4v) is 1.13. The molecule has 0 spiro atoms. The van der Waals surface area contributed by atoms with E-state index in [4.69, 9.17) is 0 Å². The zero-order valence-corrected chi connectivity index (χ0v) is 6.21. The smallest absolute Gasteiger partial charge is 0.0934 e. The van der Waals surface area contributed by atoms with Crippen molar-refractivity contribution in [1.82, 2.24) is 4.37 Å². The second-order valence-electron chi connectivity index (χ2n) is 1.28. The van der Waals surface area contributed by atoms with E-state index in [9.17, 15) is 0 Å². The molecule has 0 radical (unpaired) electrons. The molecule has 0 amide bonds. The van der Waals surface area contributed by atoms with Gasteiger partial charge in [-0.3, -0.25) is 0 Å². The Balaban J connectivity index is 3.12. The Morgan fingerprint density at radius 2 is 2.57 bits per heavy atom. The highest BCUT2D eigenvalue weighted by atomic mass is 79.9. The summed E-state index contributed by atoms with van der Waals surface area (Å²) in [5, 5.41) is 0. The number of rotatable bonds is 0. The van der Waals surface area contributed by atoms with Crippen LogP contribution in [-0.2, 0) is 0 Å². The predicted octanol–water partition coefficient (Wildman–Crippen LogP) is 2.21. The van der Waals surface area contributed by atoms with Crippen molar-refractivity contribution < 1.29 is 0 Å². The first kappa shape index (κ1) is 5.25. The van der Waals surface area contributed by atoms with Crippen molar-refractivity contribution in [3.05, 3.63) is 15.5 Å². The van der Waals surface area contributed by atoms with Crippen LogP contribution in [0.1, 0.15) is 5.56 Å². The third-order valence-electron chi connectivity index (χ3n) is 0.689. The van der Waals surface area contributed by atoms with Crippen LogP contribution in [0.3, 0.4) is 0 Å². The zero-order valence-electron chi connectivity index (χ0n) is 3.81. The Morgan fingerprint density at radius 1 is 1.86 bits per heavy atom. The first-order valence-corrected chi connectivity index (χ1v) is 3.44. The lowest BCUT2D eigenvalue weighted by atomic mass is 10.5. The highest BCUT2D eigenvalue weighted by molar-refractivity contribution is 9.11. The van der Waals surface area contributed by atoms with Gasteiger partial charge in [-0.15, -0.1) is 0 Å². The number of nitrogens with zero attached hydrogens (tertiary/aromatic N) is 1. The lowest BCUT2D eigenvalue weighted by Gasteiger charge is -1.74. The van der Waals surface area contributed by atoms with Crippen molar-refractivity contribution in [2.24, 2.45) is 0 Å². The number of hydrogen-bond acceptors (Lipinski definition) is 2. The third kappa shape index (κ3) is 1.01. The standard InChI is InChI=1S/C4H4BrNS/c1-3-2-6-7-4(3)5/h2H,1H3. The molecule has 1 nitrogen and oxygen atoms in total. The van der Waals surface area contributed by atoms with Gasteiger partial charge in [-0.05, 0) is 39.9 Å². The SMILES string of the molecule is Cc1cnsc1Br. The summed E-state index contributed by atoms with van der Waals surface area (Å²) >= 11 is 4.79. The molecule has 0 saturated heterocycles. The summed E-state index contributed by atoms with van der Waals surface area (Å²) in [6.07, 6.45) is 1.84. The molecule has 0 aliphatic rings. The Morgan fingerprint density at radius 3 is 2.71 bits per heavy atom. The largest absolute Gasteiger partial charge is 0.200 e. The maximum atomic E-state index is 3.92. The molecule has 3 heteroatoms. The van der Waals surface area contributed by atoms with Gasteiger partial charge in [0.1, 0.15) is 0 Å². The van der Waals surface area contributed by atoms with Crippen molar-refractivity contribution in [3.63, 3.8) is 0 Å². The quantitative estimate of drug-likeness (QED) is 0.593. The second-order valence-corrected chi connectivity index (χ2v) is 3.40. The molecule has 7 heavy (non-hydrogen) atoms. The average molecular weight is 178 g/mol. The molecular weight excluding hydrogens is 174 g/mol. The van der Waals surface area contributed by atoms with Crippen LogP contribution in [0.15, 0.2) is 9.98 Å². The van der Waals surface area contributed by atoms with Crippen LogP contribution >= 0.6 is 27.5 Å². The molecule has 0 N–H and O–H groups in total. The molecule has 1 rings (SSSR count). The molecular formula is C4H4BrNS. The van der Waals surface area contributed by atoms with Crippen molar-refractivity contribution in [1.29, 1.82) is 0 Å². The molecule has 0 bridgehead atoms. The Kier molecular flexibility index (Phi) is 1.44. The van der Waals surface area contributed by atoms with E-state index in [1.54, 1.807) is 0 Å². The lowest BCUT2D eigenvalue weighted by Crippen LogP contribution is -1.56. The van der Waals surface area contributed by atoms with Gasteiger partial charge in [0.2, 0.25) is 0 Å². The fourth-order valence-electron chi connectivity index (χ4n) is 0.274. The summed E-state index contributed by atoms with van der Waals surface area (Å²) in [5.41, 5.74) is 1.21. The Bertz CT molecular complexity index is 144. The first-order valence-electron chi connectivity index (χ1n) is 1.87. The van der Waals surface area contributed by atoms with Crippen LogP contribution < -0.4 is 0 Å². The fraction of sp³-hybridized carbons (Fsp3) is 0.250. The first-order chi connectivity index (χ1) is 3.30. The van der Waals surface area contributed by atoms with Crippen LogP contribution in [0.4, 0.5) is 0 Å². The van der Waals surface area contributed by atoms with Gasteiger partial charge < -0.3 is 0 Å². The van der Waals surface area contributed by atoms with E-state index in [1.807, 2.05) is 13.1 Å². The summed E-state index contributed by atoms with van der Waals surface area (Å²) < 4.78 is 5.05. The van der Waals surface area contributed by atoms with Gasteiger partial charge in [-0.2, -0.15) is 4.37 Å². The third-order valence-corrected chi connectivity index (χ3v) is 2.44. The molecule has 1 aromatic rings. The van der Waals surface area contributed by atoms with Crippen molar-refractivity contribution in [2.75, 3.05) is 0 Å². The minimum Gasteiger partial charge on any atom is -0.200 e. The second kappa shape index (κ2) is 1.92. The van der Waals surface area contributed by atoms with E-state index in [0.29, 0.717) is 0 Å². The van der Waals surface area contributed by atoms with Gasteiger partial charge in [0.15, 0.2) is 0 Å². The van der Waals surface area contributed by atoms with Gasteiger partial charge in [0.05, 0.1) is 3.79 Å². The van der Waals surface area contributed by atoms with Crippen LogP contribution in [0.2, 0.25) is 0 Å². The maximum Gasteiger partial charge on any atom is 0.0934 e. The minimum absolute atomic E-state index is 1.13. The molecule has 0 aromatic carbocycles. The van der Waals surface area contributed by atoms with E-state index < -0.39 is 0 Å². The Labute approximate surface area is 54.7 Å². The number of aromatic nitrogens is 1. The summed E-state index contributed by atoms with van der Waals surface area (Å²) in [4.78, 5) is 0. The van der Waals surface area contributed by atoms with Gasteiger partial charge in [-0.1, -0.05) is 0 Å². The highest BCUT2D eigenvalue weighted by Gasteiger charge is 1.91. The molecule has 0 atom stereocenters. The van der Waals surface area contributed by atoms with Crippen LogP contribution in [0.25, 0.3) is 0 Å². The summed E-state index contributed by atoms with van der Waals surface area (Å²) in [6.45, 7) is 2.02. The topological polar surface area (TPSA) is 12.9 Å². The van der Waals surface area contributed by atoms with Crippen molar-refractivity contribution in [2.45, 2.75) is 6.92 Å². The monoisotopic (exact) mass is 177 g/mol. The van der Waals surface area contributed by atoms with E-state index >= 15 is 0 Å². The summed E-state index contributed by atoms with van der Waals surface area (Å²) in [5.74, 6) is 0. The number of aryl methyl sites for hydroxylation is 1. The molecule has 1 heterocycles. The van der Waals surface area contributed by atoms with Crippen molar-refractivity contribution in [3.8, 4) is 0 Å². The van der Waals surface area contributed by atoms with E-state index in [1.165, 1.54) is 17.1 Å². The van der Waals surface area contributed by atoms with Gasteiger partial charge >= 0.3 is 0 Å². The van der Waals surface area contributed by atoms with E-state index in [2.05, 4.69) is 20.3 Å². The molecule has 0 aliphatic carbocycles. The van der Waals surface area contributed by atoms with Crippen LogP contribution in [0.5, 0.6) is 0 Å². The molecule has 0 saturated carbocycles. The molecule has 38 valence electrons. The van der Waals surface area contributed by atoms with Gasteiger partial charge in [0, 0.05) is 6.20 Å². The maximum absolute atomic E-state index is 3.92. The van der Waals surface area contributed by atoms with E-state index in [0.717, 1.165) is 3.79 Å². The molecule has 0 aliphatic heterocycles. The molecule has 0 unspecified atom stereocenters. The molecule has 0 fully saturated rings. The normalized spacial score (nSPS) is 9.43. The minimum atomic E-state index is 1.13. The van der Waals surface area contributed by atoms with Crippen molar-refractivity contribution >= 4 is 27.5 Å². The van der Waals surface area contributed by atoms with Crippen LogP contribution in [-0.4, -0.2) is 4.37 Å². The number of halogens is 1. The summed E-state index contributed by atoms with van der Waals surface area (Å²) in [7, 11) is 0. The number of hydrogen-bond donors (Lipinski definition) is 0.